The van der Waals surface area contributed by atoms with Crippen molar-refractivity contribution in [1.82, 2.24) is 0 Å². The second kappa shape index (κ2) is 4.97. The van der Waals surface area contributed by atoms with Crippen LogP contribution in [0, 0.1) is 28.6 Å². The number of hydrogen-bond acceptors (Lipinski definition) is 1. The number of amides is 1. The van der Waals surface area contributed by atoms with Crippen LogP contribution in [0.25, 0.3) is 0 Å². The highest BCUT2D eigenvalue weighted by molar-refractivity contribution is 5.74. The molecule has 0 saturated heterocycles. The molecule has 0 aromatic rings. The lowest BCUT2D eigenvalue weighted by Crippen LogP contribution is -2.49. The van der Waals surface area contributed by atoms with Gasteiger partial charge in [-0.25, -0.2) is 0 Å². The average Bonchev–Trinajstić information content (AvgIpc) is 2.89. The van der Waals surface area contributed by atoms with Crippen molar-refractivity contribution in [3.05, 3.63) is 23.8 Å². The molecule has 2 nitrogen and oxygen atoms in total. The van der Waals surface area contributed by atoms with E-state index in [1.54, 1.807) is 5.57 Å². The summed E-state index contributed by atoms with van der Waals surface area (Å²) in [6.07, 6.45) is 18.1. The Bertz CT molecular complexity index is 548. The first-order valence-electron chi connectivity index (χ1n) is 9.21. The van der Waals surface area contributed by atoms with Crippen molar-refractivity contribution in [1.29, 1.82) is 0 Å². The maximum absolute atomic E-state index is 11.7. The van der Waals surface area contributed by atoms with Gasteiger partial charge in [-0.2, -0.15) is 0 Å². The molecule has 0 spiro atoms. The lowest BCUT2D eigenvalue weighted by Gasteiger charge is -2.56. The number of carbonyl (C=O) groups is 1. The summed E-state index contributed by atoms with van der Waals surface area (Å²) in [5.74, 6) is 2.26. The van der Waals surface area contributed by atoms with Crippen LogP contribution in [0.1, 0.15) is 64.7 Å². The van der Waals surface area contributed by atoms with Crippen LogP contribution in [-0.4, -0.2) is 5.91 Å². The molecule has 2 heteroatoms. The SMILES string of the molecule is C[C@]12CCC=CC1=CC[C@H]1[C@@H]3CCC[C@@]3(CC(N)=O)CC[C@@H]12. The number of primary amides is 1. The highest BCUT2D eigenvalue weighted by atomic mass is 16.1. The number of carbonyl (C=O) groups excluding carboxylic acids is 1. The van der Waals surface area contributed by atoms with Crippen LogP contribution in [0.2, 0.25) is 0 Å². The zero-order chi connectivity index (χ0) is 15.4. The monoisotopic (exact) mass is 299 g/mol. The summed E-state index contributed by atoms with van der Waals surface area (Å²) in [6, 6.07) is 0. The van der Waals surface area contributed by atoms with Crippen LogP contribution in [0.4, 0.5) is 0 Å². The van der Waals surface area contributed by atoms with Crippen molar-refractivity contribution in [3.8, 4) is 0 Å². The fourth-order valence-electron chi connectivity index (χ4n) is 6.75. The van der Waals surface area contributed by atoms with Crippen LogP contribution in [0.5, 0.6) is 0 Å². The Morgan fingerprint density at radius 3 is 2.95 bits per heavy atom. The lowest BCUT2D eigenvalue weighted by molar-refractivity contribution is -0.123. The Morgan fingerprint density at radius 2 is 2.14 bits per heavy atom. The van der Waals surface area contributed by atoms with Crippen molar-refractivity contribution in [2.45, 2.75) is 64.7 Å². The van der Waals surface area contributed by atoms with Crippen molar-refractivity contribution >= 4 is 5.91 Å². The molecule has 2 N–H and O–H groups in total. The maximum Gasteiger partial charge on any atom is 0.217 e. The van der Waals surface area contributed by atoms with Crippen LogP contribution in [-0.2, 0) is 4.79 Å². The molecule has 1 amide bonds. The van der Waals surface area contributed by atoms with Gasteiger partial charge >= 0.3 is 0 Å². The summed E-state index contributed by atoms with van der Waals surface area (Å²) in [6.45, 7) is 2.51. The van der Waals surface area contributed by atoms with E-state index in [1.165, 1.54) is 51.4 Å². The molecule has 2 saturated carbocycles. The van der Waals surface area contributed by atoms with Gasteiger partial charge in [0, 0.05) is 6.42 Å². The quantitative estimate of drug-likeness (QED) is 0.809. The molecule has 4 rings (SSSR count). The number of nitrogens with two attached hydrogens (primary N) is 1. The third kappa shape index (κ3) is 1.95. The summed E-state index contributed by atoms with van der Waals surface area (Å²) in [4.78, 5) is 11.7. The van der Waals surface area contributed by atoms with Gasteiger partial charge in [-0.15, -0.1) is 0 Å². The summed E-state index contributed by atoms with van der Waals surface area (Å²) >= 11 is 0. The van der Waals surface area contributed by atoms with E-state index in [9.17, 15) is 4.79 Å². The first-order chi connectivity index (χ1) is 10.6. The minimum Gasteiger partial charge on any atom is -0.370 e. The topological polar surface area (TPSA) is 43.1 Å². The van der Waals surface area contributed by atoms with Gasteiger partial charge in [-0.1, -0.05) is 31.6 Å². The molecule has 120 valence electrons. The van der Waals surface area contributed by atoms with Gasteiger partial charge in [0.2, 0.25) is 5.91 Å². The Kier molecular flexibility index (Phi) is 3.29. The first-order valence-corrected chi connectivity index (χ1v) is 9.21. The summed E-state index contributed by atoms with van der Waals surface area (Å²) in [5, 5.41) is 0. The van der Waals surface area contributed by atoms with Crippen LogP contribution in [0.15, 0.2) is 23.8 Å². The predicted molar refractivity (Wildman–Crippen MR) is 89.0 cm³/mol. The van der Waals surface area contributed by atoms with Crippen LogP contribution in [0.3, 0.4) is 0 Å². The number of allylic oxidation sites excluding steroid dienone is 4. The third-order valence-electron chi connectivity index (χ3n) is 7.71. The van der Waals surface area contributed by atoms with E-state index < -0.39 is 0 Å². The van der Waals surface area contributed by atoms with Gasteiger partial charge in [-0.05, 0) is 79.1 Å². The molecule has 0 aliphatic heterocycles. The predicted octanol–water partition coefficient (Wildman–Crippen LogP) is 4.36. The number of hydrogen-bond donors (Lipinski definition) is 1. The highest BCUT2D eigenvalue weighted by Crippen LogP contribution is 2.65. The minimum atomic E-state index is -0.0794. The van der Waals surface area contributed by atoms with Crippen molar-refractivity contribution in [3.63, 3.8) is 0 Å². The van der Waals surface area contributed by atoms with Crippen LogP contribution < -0.4 is 5.73 Å². The maximum atomic E-state index is 11.7. The molecule has 0 aromatic heterocycles. The van der Waals surface area contributed by atoms with Gasteiger partial charge in [0.05, 0.1) is 0 Å². The number of rotatable bonds is 2. The molecule has 22 heavy (non-hydrogen) atoms. The largest absolute Gasteiger partial charge is 0.370 e. The summed E-state index contributed by atoms with van der Waals surface area (Å²) < 4.78 is 0. The summed E-state index contributed by atoms with van der Waals surface area (Å²) in [5.41, 5.74) is 7.85. The molecule has 4 aliphatic rings. The number of fused-ring (bicyclic) bond motifs is 5. The molecule has 5 atom stereocenters. The Balaban J connectivity index is 1.68. The zero-order valence-electron chi connectivity index (χ0n) is 13.8. The summed E-state index contributed by atoms with van der Waals surface area (Å²) in [7, 11) is 0. The molecule has 0 aromatic carbocycles. The van der Waals surface area contributed by atoms with E-state index in [2.05, 4.69) is 25.2 Å². The van der Waals surface area contributed by atoms with Crippen molar-refractivity contribution in [2.75, 3.05) is 0 Å². The zero-order valence-corrected chi connectivity index (χ0v) is 13.8. The van der Waals surface area contributed by atoms with Crippen molar-refractivity contribution < 1.29 is 4.79 Å². The van der Waals surface area contributed by atoms with Gasteiger partial charge in [0.25, 0.3) is 0 Å². The molecule has 0 heterocycles. The smallest absolute Gasteiger partial charge is 0.217 e. The lowest BCUT2D eigenvalue weighted by atomic mass is 9.48. The van der Waals surface area contributed by atoms with Gasteiger partial charge in [-0.3, -0.25) is 4.79 Å². The van der Waals surface area contributed by atoms with Gasteiger partial charge in [0.15, 0.2) is 0 Å². The second-order valence-corrected chi connectivity index (χ2v) is 8.57. The van der Waals surface area contributed by atoms with E-state index in [0.29, 0.717) is 11.8 Å². The molecule has 2 fully saturated rings. The second-order valence-electron chi connectivity index (χ2n) is 8.57. The van der Waals surface area contributed by atoms with E-state index in [1.807, 2.05) is 0 Å². The molecule has 0 unspecified atom stereocenters. The van der Waals surface area contributed by atoms with E-state index in [4.69, 9.17) is 5.73 Å². The standard InChI is InChI=1S/C20H29NO/c1-19-10-3-2-5-14(19)7-8-15-16(19)9-12-20(13-18(21)22)11-4-6-17(15)20/h2,5,7,15-17H,3-4,6,8-13H2,1H3,(H2,21,22)/t15-,16+,17+,19+,20+/m1/s1. The third-order valence-corrected chi connectivity index (χ3v) is 7.71. The highest BCUT2D eigenvalue weighted by Gasteiger charge is 2.56. The normalized spacial score (nSPS) is 46.4. The van der Waals surface area contributed by atoms with Crippen LogP contribution >= 0.6 is 0 Å². The minimum absolute atomic E-state index is 0.0794. The molecular weight excluding hydrogens is 270 g/mol. The molecule has 0 bridgehead atoms. The van der Waals surface area contributed by atoms with E-state index >= 15 is 0 Å². The average molecular weight is 299 g/mol. The van der Waals surface area contributed by atoms with Crippen molar-refractivity contribution in [2.24, 2.45) is 34.3 Å². The Morgan fingerprint density at radius 1 is 1.27 bits per heavy atom. The molecule has 4 aliphatic carbocycles. The van der Waals surface area contributed by atoms with E-state index in [0.717, 1.165) is 17.8 Å². The molecule has 0 radical (unpaired) electrons. The fraction of sp³-hybridized carbons (Fsp3) is 0.750. The fourth-order valence-corrected chi connectivity index (χ4v) is 6.75. The van der Waals surface area contributed by atoms with Gasteiger partial charge < -0.3 is 5.73 Å². The Hall–Kier alpha value is -1.05. The first kappa shape index (κ1) is 14.5. The van der Waals surface area contributed by atoms with E-state index in [-0.39, 0.29) is 11.3 Å². The molecular formula is C20H29NO. The Labute approximate surface area is 134 Å². The van der Waals surface area contributed by atoms with Gasteiger partial charge in [0.1, 0.15) is 0 Å².